The van der Waals surface area contributed by atoms with Crippen molar-refractivity contribution >= 4 is 22.6 Å². The zero-order chi connectivity index (χ0) is 17.4. The van der Waals surface area contributed by atoms with E-state index in [9.17, 15) is 9.59 Å². The number of carbonyl (C=O) groups excluding carboxylic acids is 2. The van der Waals surface area contributed by atoms with Crippen molar-refractivity contribution in [2.45, 2.75) is 26.8 Å². The number of hydrogen-bond donors (Lipinski definition) is 1. The Morgan fingerprint density at radius 1 is 1.04 bits per heavy atom. The van der Waals surface area contributed by atoms with Crippen LogP contribution in [0.1, 0.15) is 35.9 Å². The minimum absolute atomic E-state index is 0.297. The van der Waals surface area contributed by atoms with E-state index in [1.807, 2.05) is 29.8 Å². The molecule has 24 heavy (non-hydrogen) atoms. The predicted molar refractivity (Wildman–Crippen MR) is 93.8 cm³/mol. The maximum Gasteiger partial charge on any atom is 0.289 e. The predicted octanol–water partition coefficient (Wildman–Crippen LogP) is 3.26. The van der Waals surface area contributed by atoms with Gasteiger partial charge in [0.05, 0.1) is 11.2 Å². The summed E-state index contributed by atoms with van der Waals surface area (Å²) in [5.41, 5.74) is 9.42. The van der Waals surface area contributed by atoms with Crippen molar-refractivity contribution in [1.82, 2.24) is 9.78 Å². The summed E-state index contributed by atoms with van der Waals surface area (Å²) in [6.45, 7) is 6.21. The second-order valence-electron chi connectivity index (χ2n) is 6.13. The van der Waals surface area contributed by atoms with Crippen molar-refractivity contribution in [2.24, 2.45) is 5.73 Å². The molecule has 0 bridgehead atoms. The highest BCUT2D eigenvalue weighted by molar-refractivity contribution is 6.42. The molecule has 0 atom stereocenters. The molecule has 0 spiro atoms. The normalized spacial score (nSPS) is 11.2. The largest absolute Gasteiger partial charge is 0.363 e. The number of fused-ring (bicyclic) bond motifs is 1. The highest BCUT2D eigenvalue weighted by atomic mass is 16.2. The van der Waals surface area contributed by atoms with Crippen LogP contribution in [0.15, 0.2) is 42.5 Å². The van der Waals surface area contributed by atoms with Crippen molar-refractivity contribution in [1.29, 1.82) is 0 Å². The summed E-state index contributed by atoms with van der Waals surface area (Å²) in [5, 5.41) is 5.71. The van der Waals surface area contributed by atoms with Crippen molar-refractivity contribution < 1.29 is 9.59 Å². The third kappa shape index (κ3) is 2.69. The lowest BCUT2D eigenvalue weighted by Gasteiger charge is -2.08. The highest BCUT2D eigenvalue weighted by Gasteiger charge is 2.13. The number of benzene rings is 2. The molecule has 122 valence electrons. The Morgan fingerprint density at radius 3 is 2.25 bits per heavy atom. The SMILES string of the molecule is Cc1nn(C(C)C)c2ccc(-c3ccc(C(=O)C(N)=O)cc3)cc12. The standard InChI is InChI=1S/C19H19N3O2/c1-11(2)22-17-9-8-15(10-16(17)12(3)21-22)13-4-6-14(7-5-13)18(23)19(20)24/h4-11H,1-3H3,(H2,20,24). The van der Waals surface area contributed by atoms with E-state index in [-0.39, 0.29) is 0 Å². The van der Waals surface area contributed by atoms with Crippen LogP contribution < -0.4 is 5.73 Å². The molecule has 2 aromatic carbocycles. The van der Waals surface area contributed by atoms with E-state index >= 15 is 0 Å². The molecule has 0 saturated heterocycles. The van der Waals surface area contributed by atoms with Gasteiger partial charge in [0.25, 0.3) is 5.91 Å². The average Bonchev–Trinajstić information content (AvgIpc) is 2.91. The van der Waals surface area contributed by atoms with Crippen molar-refractivity contribution in [3.8, 4) is 11.1 Å². The molecule has 0 aliphatic heterocycles. The van der Waals surface area contributed by atoms with Gasteiger partial charge in [0.2, 0.25) is 5.78 Å². The van der Waals surface area contributed by atoms with Gasteiger partial charge >= 0.3 is 0 Å². The number of primary amides is 1. The first-order chi connectivity index (χ1) is 11.4. The Hall–Kier alpha value is -2.95. The second-order valence-corrected chi connectivity index (χ2v) is 6.13. The molecule has 0 aliphatic carbocycles. The lowest BCUT2D eigenvalue weighted by atomic mass is 10.0. The first-order valence-corrected chi connectivity index (χ1v) is 7.82. The zero-order valence-electron chi connectivity index (χ0n) is 13.9. The van der Waals surface area contributed by atoms with Crippen LogP contribution in [-0.4, -0.2) is 21.5 Å². The van der Waals surface area contributed by atoms with E-state index in [0.29, 0.717) is 11.6 Å². The number of nitrogens with zero attached hydrogens (tertiary/aromatic N) is 2. The summed E-state index contributed by atoms with van der Waals surface area (Å²) < 4.78 is 2.02. The molecule has 1 amide bonds. The molecule has 3 aromatic rings. The molecular weight excluding hydrogens is 302 g/mol. The van der Waals surface area contributed by atoms with Gasteiger partial charge in [0.1, 0.15) is 0 Å². The van der Waals surface area contributed by atoms with Gasteiger partial charge < -0.3 is 5.73 Å². The smallest absolute Gasteiger partial charge is 0.289 e. The summed E-state index contributed by atoms with van der Waals surface area (Å²) in [6, 6.07) is 13.4. The number of Topliss-reactive ketones (excluding diaryl/α,β-unsaturated/α-hetero) is 1. The Labute approximate surface area is 140 Å². The van der Waals surface area contributed by atoms with E-state index in [1.165, 1.54) is 0 Å². The minimum atomic E-state index is -0.944. The summed E-state index contributed by atoms with van der Waals surface area (Å²) in [4.78, 5) is 22.6. The average molecular weight is 321 g/mol. The molecule has 5 nitrogen and oxygen atoms in total. The molecule has 5 heteroatoms. The maximum atomic E-state index is 11.6. The number of nitrogens with two attached hydrogens (primary N) is 1. The van der Waals surface area contributed by atoms with Gasteiger partial charge in [-0.1, -0.05) is 30.3 Å². The van der Waals surface area contributed by atoms with Crippen LogP contribution in [0, 0.1) is 6.92 Å². The quantitative estimate of drug-likeness (QED) is 0.592. The van der Waals surface area contributed by atoms with Crippen molar-refractivity contribution in [2.75, 3.05) is 0 Å². The molecule has 0 fully saturated rings. The molecule has 0 radical (unpaired) electrons. The van der Waals surface area contributed by atoms with Gasteiger partial charge in [-0.15, -0.1) is 0 Å². The van der Waals surface area contributed by atoms with Gasteiger partial charge in [-0.05, 0) is 44.0 Å². The van der Waals surface area contributed by atoms with Crippen LogP contribution in [0.5, 0.6) is 0 Å². The molecule has 0 unspecified atom stereocenters. The van der Waals surface area contributed by atoms with Crippen LogP contribution in [0.25, 0.3) is 22.0 Å². The minimum Gasteiger partial charge on any atom is -0.363 e. The topological polar surface area (TPSA) is 78.0 Å². The van der Waals surface area contributed by atoms with Crippen molar-refractivity contribution in [3.63, 3.8) is 0 Å². The highest BCUT2D eigenvalue weighted by Crippen LogP contribution is 2.28. The zero-order valence-corrected chi connectivity index (χ0v) is 13.9. The number of amides is 1. The van der Waals surface area contributed by atoms with Gasteiger partial charge in [-0.25, -0.2) is 0 Å². The summed E-state index contributed by atoms with van der Waals surface area (Å²) in [5.74, 6) is -1.62. The van der Waals surface area contributed by atoms with E-state index in [2.05, 4.69) is 31.1 Å². The number of rotatable bonds is 4. The van der Waals surface area contributed by atoms with E-state index < -0.39 is 11.7 Å². The van der Waals surface area contributed by atoms with Crippen LogP contribution in [0.3, 0.4) is 0 Å². The molecule has 0 aliphatic rings. The summed E-state index contributed by atoms with van der Waals surface area (Å²) >= 11 is 0. The monoisotopic (exact) mass is 321 g/mol. The first-order valence-electron chi connectivity index (χ1n) is 7.82. The van der Waals surface area contributed by atoms with Crippen LogP contribution in [0.2, 0.25) is 0 Å². The molecule has 0 saturated carbocycles. The Balaban J connectivity index is 2.02. The Kier molecular flexibility index (Phi) is 3.93. The van der Waals surface area contributed by atoms with Crippen LogP contribution >= 0.6 is 0 Å². The maximum absolute atomic E-state index is 11.6. The van der Waals surface area contributed by atoms with E-state index in [4.69, 9.17) is 5.73 Å². The van der Waals surface area contributed by atoms with Gasteiger partial charge in [-0.2, -0.15) is 5.10 Å². The molecule has 1 aromatic heterocycles. The second kappa shape index (κ2) is 5.92. The first kappa shape index (κ1) is 15.9. The van der Waals surface area contributed by atoms with Crippen LogP contribution in [0.4, 0.5) is 0 Å². The molecule has 2 N–H and O–H groups in total. The van der Waals surface area contributed by atoms with E-state index in [0.717, 1.165) is 27.7 Å². The van der Waals surface area contributed by atoms with Gasteiger partial charge in [0, 0.05) is 17.0 Å². The van der Waals surface area contributed by atoms with Crippen LogP contribution in [-0.2, 0) is 4.79 Å². The molecule has 1 heterocycles. The number of aryl methyl sites for hydroxylation is 1. The lowest BCUT2D eigenvalue weighted by molar-refractivity contribution is -0.114. The Bertz CT molecular complexity index is 937. The lowest BCUT2D eigenvalue weighted by Crippen LogP contribution is -2.22. The summed E-state index contributed by atoms with van der Waals surface area (Å²) in [6.07, 6.45) is 0. The number of ketones is 1. The Morgan fingerprint density at radius 2 is 1.67 bits per heavy atom. The number of carbonyl (C=O) groups is 2. The number of hydrogen-bond acceptors (Lipinski definition) is 3. The van der Waals surface area contributed by atoms with Crippen molar-refractivity contribution in [3.05, 3.63) is 53.7 Å². The fourth-order valence-corrected chi connectivity index (χ4v) is 2.82. The third-order valence-corrected chi connectivity index (χ3v) is 4.08. The van der Waals surface area contributed by atoms with E-state index in [1.54, 1.807) is 12.1 Å². The van der Waals surface area contributed by atoms with Gasteiger partial charge in [0.15, 0.2) is 0 Å². The van der Waals surface area contributed by atoms with Gasteiger partial charge in [-0.3, -0.25) is 14.3 Å². The molecular formula is C19H19N3O2. The molecule has 3 rings (SSSR count). The third-order valence-electron chi connectivity index (χ3n) is 4.08. The fraction of sp³-hybridized carbons (Fsp3) is 0.211. The number of aromatic nitrogens is 2. The summed E-state index contributed by atoms with van der Waals surface area (Å²) in [7, 11) is 0. The fourth-order valence-electron chi connectivity index (χ4n) is 2.82.